The van der Waals surface area contributed by atoms with E-state index in [-0.39, 0.29) is 11.6 Å². The third-order valence-corrected chi connectivity index (χ3v) is 2.24. The van der Waals surface area contributed by atoms with Crippen molar-refractivity contribution in [3.05, 3.63) is 35.1 Å². The number of unbranched alkanes of at least 4 members (excludes halogenated alkanes) is 1. The lowest BCUT2D eigenvalue weighted by Crippen LogP contribution is -1.99. The summed E-state index contributed by atoms with van der Waals surface area (Å²) in [6, 6.07) is 4.53. The summed E-state index contributed by atoms with van der Waals surface area (Å²) < 4.78 is 12.9. The van der Waals surface area contributed by atoms with Crippen molar-refractivity contribution in [2.75, 3.05) is 0 Å². The number of hydrogen-bond acceptors (Lipinski definition) is 1. The molecule has 2 heteroatoms. The molecule has 0 saturated heterocycles. The molecule has 0 bridgehead atoms. The molecule has 0 fully saturated rings. The van der Waals surface area contributed by atoms with Crippen molar-refractivity contribution in [2.24, 2.45) is 0 Å². The lowest BCUT2D eigenvalue weighted by atomic mass is 10.0. The second-order valence-corrected chi connectivity index (χ2v) is 3.49. The highest BCUT2D eigenvalue weighted by atomic mass is 19.1. The number of halogens is 1. The van der Waals surface area contributed by atoms with Crippen molar-refractivity contribution in [3.63, 3.8) is 0 Å². The fourth-order valence-corrected chi connectivity index (χ4v) is 1.30. The van der Waals surface area contributed by atoms with E-state index in [2.05, 4.69) is 0 Å². The fraction of sp³-hybridized carbons (Fsp3) is 0.417. The van der Waals surface area contributed by atoms with Crippen LogP contribution in [-0.2, 0) is 0 Å². The van der Waals surface area contributed by atoms with Gasteiger partial charge < -0.3 is 0 Å². The van der Waals surface area contributed by atoms with E-state index in [1.807, 2.05) is 6.92 Å². The standard InChI is InChI=1S/C12H15FO/c1-3-4-5-12(14)10-6-7-11(13)9(2)8-10/h6-8H,3-5H2,1-2H3. The minimum Gasteiger partial charge on any atom is -0.294 e. The molecule has 76 valence electrons. The van der Waals surface area contributed by atoms with E-state index >= 15 is 0 Å². The zero-order valence-corrected chi connectivity index (χ0v) is 8.64. The maximum Gasteiger partial charge on any atom is 0.162 e. The van der Waals surface area contributed by atoms with Crippen LogP contribution in [0.1, 0.15) is 42.1 Å². The van der Waals surface area contributed by atoms with Crippen LogP contribution in [0.3, 0.4) is 0 Å². The molecule has 0 N–H and O–H groups in total. The van der Waals surface area contributed by atoms with E-state index in [0.29, 0.717) is 17.5 Å². The Hall–Kier alpha value is -1.18. The van der Waals surface area contributed by atoms with Crippen LogP contribution in [0, 0.1) is 12.7 Å². The van der Waals surface area contributed by atoms with Gasteiger partial charge in [0.25, 0.3) is 0 Å². The van der Waals surface area contributed by atoms with Gasteiger partial charge in [0.1, 0.15) is 5.82 Å². The lowest BCUT2D eigenvalue weighted by Gasteiger charge is -2.02. The molecule has 0 radical (unpaired) electrons. The Morgan fingerprint density at radius 1 is 1.43 bits per heavy atom. The Balaban J connectivity index is 2.76. The third-order valence-electron chi connectivity index (χ3n) is 2.24. The van der Waals surface area contributed by atoms with Gasteiger partial charge in [-0.2, -0.15) is 0 Å². The number of benzene rings is 1. The molecule has 0 aliphatic rings. The summed E-state index contributed by atoms with van der Waals surface area (Å²) in [5.41, 5.74) is 1.16. The molecule has 0 amide bonds. The highest BCUT2D eigenvalue weighted by Crippen LogP contribution is 2.12. The van der Waals surface area contributed by atoms with Gasteiger partial charge in [0.2, 0.25) is 0 Å². The SMILES string of the molecule is CCCCC(=O)c1ccc(F)c(C)c1. The molecule has 1 nitrogen and oxygen atoms in total. The number of carbonyl (C=O) groups is 1. The third kappa shape index (κ3) is 2.66. The highest BCUT2D eigenvalue weighted by Gasteiger charge is 2.06. The summed E-state index contributed by atoms with van der Waals surface area (Å²) in [7, 11) is 0. The van der Waals surface area contributed by atoms with Crippen molar-refractivity contribution >= 4 is 5.78 Å². The molecule has 14 heavy (non-hydrogen) atoms. The molecule has 0 aliphatic carbocycles. The van der Waals surface area contributed by atoms with E-state index in [1.165, 1.54) is 6.07 Å². The van der Waals surface area contributed by atoms with Gasteiger partial charge >= 0.3 is 0 Å². The largest absolute Gasteiger partial charge is 0.294 e. The van der Waals surface area contributed by atoms with Gasteiger partial charge in [0, 0.05) is 12.0 Å². The van der Waals surface area contributed by atoms with Gasteiger partial charge in [0.05, 0.1) is 0 Å². The topological polar surface area (TPSA) is 17.1 Å². The summed E-state index contributed by atoms with van der Waals surface area (Å²) in [6.45, 7) is 3.72. The zero-order chi connectivity index (χ0) is 10.6. The van der Waals surface area contributed by atoms with E-state index < -0.39 is 0 Å². The van der Waals surface area contributed by atoms with Crippen molar-refractivity contribution in [1.29, 1.82) is 0 Å². The molecule has 0 saturated carbocycles. The van der Waals surface area contributed by atoms with Crippen molar-refractivity contribution < 1.29 is 9.18 Å². The van der Waals surface area contributed by atoms with Crippen LogP contribution in [0.4, 0.5) is 4.39 Å². The van der Waals surface area contributed by atoms with Crippen LogP contribution in [0.5, 0.6) is 0 Å². The van der Waals surface area contributed by atoms with Crippen molar-refractivity contribution in [2.45, 2.75) is 33.1 Å². The minimum absolute atomic E-state index is 0.106. The van der Waals surface area contributed by atoms with Crippen LogP contribution < -0.4 is 0 Å². The molecule has 0 unspecified atom stereocenters. The fourth-order valence-electron chi connectivity index (χ4n) is 1.30. The summed E-state index contributed by atoms with van der Waals surface area (Å²) in [4.78, 5) is 11.5. The summed E-state index contributed by atoms with van der Waals surface area (Å²) >= 11 is 0. The molecule has 0 aromatic heterocycles. The van der Waals surface area contributed by atoms with Gasteiger partial charge in [-0.3, -0.25) is 4.79 Å². The van der Waals surface area contributed by atoms with E-state index in [0.717, 1.165) is 12.8 Å². The first-order valence-electron chi connectivity index (χ1n) is 4.94. The van der Waals surface area contributed by atoms with Gasteiger partial charge in [-0.1, -0.05) is 13.3 Å². The maximum absolute atomic E-state index is 12.9. The van der Waals surface area contributed by atoms with Gasteiger partial charge in [0.15, 0.2) is 5.78 Å². The Morgan fingerprint density at radius 3 is 2.71 bits per heavy atom. The monoisotopic (exact) mass is 194 g/mol. The minimum atomic E-state index is -0.253. The van der Waals surface area contributed by atoms with Crippen LogP contribution in [0.25, 0.3) is 0 Å². The highest BCUT2D eigenvalue weighted by molar-refractivity contribution is 5.96. The van der Waals surface area contributed by atoms with Crippen LogP contribution >= 0.6 is 0 Å². The average molecular weight is 194 g/mol. The predicted octanol–water partition coefficient (Wildman–Crippen LogP) is 3.51. The summed E-state index contributed by atoms with van der Waals surface area (Å²) in [5.74, 6) is -0.146. The normalized spacial score (nSPS) is 10.2. The number of hydrogen-bond donors (Lipinski definition) is 0. The molecule has 0 aliphatic heterocycles. The average Bonchev–Trinajstić information content (AvgIpc) is 2.18. The Morgan fingerprint density at radius 2 is 2.14 bits per heavy atom. The van der Waals surface area contributed by atoms with Gasteiger partial charge in [-0.15, -0.1) is 0 Å². The predicted molar refractivity (Wildman–Crippen MR) is 55.0 cm³/mol. The number of rotatable bonds is 4. The Labute approximate surface area is 83.9 Å². The van der Waals surface area contributed by atoms with Crippen molar-refractivity contribution in [3.8, 4) is 0 Å². The molecule has 1 aromatic rings. The molecular formula is C12H15FO. The van der Waals surface area contributed by atoms with Crippen molar-refractivity contribution in [1.82, 2.24) is 0 Å². The molecule has 0 heterocycles. The number of Topliss-reactive ketones (excluding diaryl/α,β-unsaturated/α-hetero) is 1. The number of ketones is 1. The molecular weight excluding hydrogens is 179 g/mol. The van der Waals surface area contributed by atoms with Gasteiger partial charge in [-0.25, -0.2) is 4.39 Å². The summed E-state index contributed by atoms with van der Waals surface area (Å²) in [6.07, 6.45) is 2.46. The van der Waals surface area contributed by atoms with E-state index in [1.54, 1.807) is 19.1 Å². The quantitative estimate of drug-likeness (QED) is 0.670. The van der Waals surface area contributed by atoms with Crippen LogP contribution in [-0.4, -0.2) is 5.78 Å². The summed E-state index contributed by atoms with van der Waals surface area (Å²) in [5, 5.41) is 0. The van der Waals surface area contributed by atoms with Crippen LogP contribution in [0.15, 0.2) is 18.2 Å². The molecule has 0 atom stereocenters. The zero-order valence-electron chi connectivity index (χ0n) is 8.64. The molecule has 1 rings (SSSR count). The maximum atomic E-state index is 12.9. The second-order valence-electron chi connectivity index (χ2n) is 3.49. The van der Waals surface area contributed by atoms with Crippen LogP contribution in [0.2, 0.25) is 0 Å². The number of carbonyl (C=O) groups excluding carboxylic acids is 1. The van der Waals surface area contributed by atoms with Gasteiger partial charge in [-0.05, 0) is 37.1 Å². The lowest BCUT2D eigenvalue weighted by molar-refractivity contribution is 0.0979. The first-order valence-corrected chi connectivity index (χ1v) is 4.94. The Bertz CT molecular complexity index is 331. The molecule has 1 aromatic carbocycles. The first-order chi connectivity index (χ1) is 6.65. The van der Waals surface area contributed by atoms with E-state index in [4.69, 9.17) is 0 Å². The second kappa shape index (κ2) is 4.89. The smallest absolute Gasteiger partial charge is 0.162 e. The van der Waals surface area contributed by atoms with E-state index in [9.17, 15) is 9.18 Å². The first kappa shape index (κ1) is 10.9. The molecule has 0 spiro atoms. The number of aryl methyl sites for hydroxylation is 1. The Kier molecular flexibility index (Phi) is 3.81.